The molecule has 4 heteroatoms. The third-order valence-electron chi connectivity index (χ3n) is 3.32. The van der Waals surface area contributed by atoms with E-state index in [0.717, 1.165) is 24.0 Å². The maximum atomic E-state index is 11.6. The summed E-state index contributed by atoms with van der Waals surface area (Å²) in [4.78, 5) is 11.6. The van der Waals surface area contributed by atoms with Gasteiger partial charge in [-0.05, 0) is 42.5 Å². The average molecular weight is 288 g/mol. The van der Waals surface area contributed by atoms with E-state index in [4.69, 9.17) is 4.74 Å². The largest absolute Gasteiger partial charge is 0.465 e. The number of fused-ring (bicyclic) bond motifs is 1. The van der Waals surface area contributed by atoms with Crippen molar-refractivity contribution >= 4 is 16.9 Å². The van der Waals surface area contributed by atoms with Crippen LogP contribution >= 0.6 is 0 Å². The summed E-state index contributed by atoms with van der Waals surface area (Å²) in [6.45, 7) is 8.74. The van der Waals surface area contributed by atoms with E-state index in [9.17, 15) is 4.79 Å². The number of nitrogens with one attached hydrogen (secondary N) is 1. The first-order chi connectivity index (χ1) is 10.1. The Hall–Kier alpha value is -1.81. The van der Waals surface area contributed by atoms with E-state index in [-0.39, 0.29) is 12.5 Å². The van der Waals surface area contributed by atoms with Crippen LogP contribution < -0.4 is 5.32 Å². The number of ether oxygens (including phenoxy) is 1. The van der Waals surface area contributed by atoms with E-state index in [0.29, 0.717) is 12.5 Å². The molecule has 0 saturated heterocycles. The highest BCUT2D eigenvalue weighted by Crippen LogP contribution is 2.18. The topological polar surface area (TPSA) is 43.3 Å². The third-order valence-corrected chi connectivity index (χ3v) is 3.32. The predicted molar refractivity (Wildman–Crippen MR) is 85.1 cm³/mol. The van der Waals surface area contributed by atoms with Crippen molar-refractivity contribution in [2.45, 2.75) is 33.9 Å². The molecule has 0 radical (unpaired) electrons. The van der Waals surface area contributed by atoms with Gasteiger partial charge in [-0.1, -0.05) is 26.0 Å². The van der Waals surface area contributed by atoms with Crippen LogP contribution in [-0.4, -0.2) is 23.7 Å². The minimum absolute atomic E-state index is 0.196. The summed E-state index contributed by atoms with van der Waals surface area (Å²) in [7, 11) is 0. The van der Waals surface area contributed by atoms with Crippen molar-refractivity contribution in [3.63, 3.8) is 0 Å². The Balaban J connectivity index is 2.11. The first kappa shape index (κ1) is 15.6. The summed E-state index contributed by atoms with van der Waals surface area (Å²) < 4.78 is 6.96. The summed E-state index contributed by atoms with van der Waals surface area (Å²) in [6.07, 6.45) is 1.94. The van der Waals surface area contributed by atoms with Crippen LogP contribution in [0.5, 0.6) is 0 Å². The number of hydrogen-bond donors (Lipinski definition) is 1. The molecule has 0 aliphatic heterocycles. The molecule has 1 heterocycles. The van der Waals surface area contributed by atoms with E-state index < -0.39 is 0 Å². The first-order valence-electron chi connectivity index (χ1n) is 7.54. The Morgan fingerprint density at radius 2 is 2.14 bits per heavy atom. The Morgan fingerprint density at radius 1 is 1.33 bits per heavy atom. The number of carbonyl (C=O) groups excluding carboxylic acids is 1. The zero-order valence-electron chi connectivity index (χ0n) is 13.1. The molecule has 0 fully saturated rings. The number of carbonyl (C=O) groups is 1. The molecule has 1 aromatic heterocycles. The molecule has 1 N–H and O–H groups in total. The molecule has 0 unspecified atom stereocenters. The molecule has 0 spiro atoms. The lowest BCUT2D eigenvalue weighted by molar-refractivity contribution is -0.143. The maximum absolute atomic E-state index is 11.6. The third kappa shape index (κ3) is 4.33. The fourth-order valence-corrected chi connectivity index (χ4v) is 2.33. The summed E-state index contributed by atoms with van der Waals surface area (Å²) in [5, 5.41) is 4.58. The van der Waals surface area contributed by atoms with Gasteiger partial charge in [0.25, 0.3) is 0 Å². The summed E-state index contributed by atoms with van der Waals surface area (Å²) in [6, 6.07) is 8.40. The second kappa shape index (κ2) is 7.27. The zero-order valence-corrected chi connectivity index (χ0v) is 13.1. The molecule has 4 nitrogen and oxygen atoms in total. The Morgan fingerprint density at radius 3 is 2.86 bits per heavy atom. The van der Waals surface area contributed by atoms with Gasteiger partial charge < -0.3 is 14.6 Å². The molecular formula is C17H24N2O2. The van der Waals surface area contributed by atoms with E-state index in [1.165, 1.54) is 5.56 Å². The van der Waals surface area contributed by atoms with Gasteiger partial charge in [-0.3, -0.25) is 4.79 Å². The Labute approximate surface area is 126 Å². The van der Waals surface area contributed by atoms with Crippen molar-refractivity contribution in [3.05, 3.63) is 36.0 Å². The van der Waals surface area contributed by atoms with Crippen LogP contribution in [0.25, 0.3) is 10.9 Å². The highest BCUT2D eigenvalue weighted by Gasteiger charge is 2.07. The number of esters is 1. The maximum Gasteiger partial charge on any atom is 0.325 e. The monoisotopic (exact) mass is 288 g/mol. The summed E-state index contributed by atoms with van der Waals surface area (Å²) >= 11 is 0. The van der Waals surface area contributed by atoms with Gasteiger partial charge in [0.2, 0.25) is 0 Å². The lowest BCUT2D eigenvalue weighted by Gasteiger charge is -2.09. The van der Waals surface area contributed by atoms with E-state index >= 15 is 0 Å². The second-order valence-corrected chi connectivity index (χ2v) is 5.67. The highest BCUT2D eigenvalue weighted by atomic mass is 16.5. The summed E-state index contributed by atoms with van der Waals surface area (Å²) in [5.74, 6) is 0.444. The zero-order chi connectivity index (χ0) is 15.2. The van der Waals surface area contributed by atoms with Crippen molar-refractivity contribution in [1.82, 2.24) is 9.88 Å². The highest BCUT2D eigenvalue weighted by molar-refractivity contribution is 5.82. The van der Waals surface area contributed by atoms with E-state index in [2.05, 4.69) is 37.4 Å². The van der Waals surface area contributed by atoms with Crippen LogP contribution in [-0.2, 0) is 22.6 Å². The standard InChI is InChI=1S/C17H24N2O2/c1-4-21-17(20)12-19-8-7-15-6-5-14(9-16(15)19)11-18-10-13(2)3/h5-9,13,18H,4,10-12H2,1-3H3. The molecule has 0 saturated carbocycles. The van der Waals surface area contributed by atoms with Crippen molar-refractivity contribution in [3.8, 4) is 0 Å². The molecule has 2 aromatic rings. The molecule has 0 atom stereocenters. The molecule has 1 aromatic carbocycles. The van der Waals surface area contributed by atoms with Crippen LogP contribution in [0, 0.1) is 5.92 Å². The number of aromatic nitrogens is 1. The van der Waals surface area contributed by atoms with Crippen LogP contribution in [0.15, 0.2) is 30.5 Å². The normalized spacial score (nSPS) is 11.2. The van der Waals surface area contributed by atoms with Crippen molar-refractivity contribution < 1.29 is 9.53 Å². The number of rotatable bonds is 7. The Kier molecular flexibility index (Phi) is 5.39. The van der Waals surface area contributed by atoms with Crippen LogP contribution in [0.1, 0.15) is 26.3 Å². The van der Waals surface area contributed by atoms with Crippen molar-refractivity contribution in [2.24, 2.45) is 5.92 Å². The lowest BCUT2D eigenvalue weighted by atomic mass is 10.1. The van der Waals surface area contributed by atoms with Gasteiger partial charge in [-0.25, -0.2) is 0 Å². The van der Waals surface area contributed by atoms with Gasteiger partial charge in [0.1, 0.15) is 6.54 Å². The fourth-order valence-electron chi connectivity index (χ4n) is 2.33. The first-order valence-corrected chi connectivity index (χ1v) is 7.54. The Bertz CT molecular complexity index is 602. The molecule has 2 rings (SSSR count). The molecule has 0 bridgehead atoms. The van der Waals surface area contributed by atoms with Gasteiger partial charge in [0, 0.05) is 18.3 Å². The predicted octanol–water partition coefficient (Wildman–Crippen LogP) is 2.95. The van der Waals surface area contributed by atoms with Gasteiger partial charge in [0.15, 0.2) is 0 Å². The van der Waals surface area contributed by atoms with Gasteiger partial charge in [-0.2, -0.15) is 0 Å². The van der Waals surface area contributed by atoms with Crippen LogP contribution in [0.2, 0.25) is 0 Å². The fraction of sp³-hybridized carbons (Fsp3) is 0.471. The van der Waals surface area contributed by atoms with Gasteiger partial charge in [0.05, 0.1) is 6.61 Å². The SMILES string of the molecule is CCOC(=O)Cn1ccc2ccc(CNCC(C)C)cc21. The van der Waals surface area contributed by atoms with Crippen LogP contribution in [0.3, 0.4) is 0 Å². The molecule has 0 amide bonds. The molecular weight excluding hydrogens is 264 g/mol. The van der Waals surface area contributed by atoms with Crippen LogP contribution in [0.4, 0.5) is 0 Å². The molecule has 0 aliphatic carbocycles. The number of nitrogens with zero attached hydrogens (tertiary/aromatic N) is 1. The number of hydrogen-bond acceptors (Lipinski definition) is 3. The smallest absolute Gasteiger partial charge is 0.325 e. The average Bonchev–Trinajstić information content (AvgIpc) is 2.81. The minimum Gasteiger partial charge on any atom is -0.465 e. The van der Waals surface area contributed by atoms with Crippen molar-refractivity contribution in [1.29, 1.82) is 0 Å². The lowest BCUT2D eigenvalue weighted by Crippen LogP contribution is -2.19. The van der Waals surface area contributed by atoms with Crippen molar-refractivity contribution in [2.75, 3.05) is 13.2 Å². The molecule has 114 valence electrons. The molecule has 0 aliphatic rings. The molecule has 21 heavy (non-hydrogen) atoms. The van der Waals surface area contributed by atoms with Gasteiger partial charge >= 0.3 is 5.97 Å². The quantitative estimate of drug-likeness (QED) is 0.797. The second-order valence-electron chi connectivity index (χ2n) is 5.67. The van der Waals surface area contributed by atoms with Gasteiger partial charge in [-0.15, -0.1) is 0 Å². The van der Waals surface area contributed by atoms with E-state index in [1.54, 1.807) is 0 Å². The minimum atomic E-state index is -0.196. The summed E-state index contributed by atoms with van der Waals surface area (Å²) in [5.41, 5.74) is 2.30. The van der Waals surface area contributed by atoms with E-state index in [1.807, 2.05) is 23.8 Å². The number of benzene rings is 1.